The third-order valence-corrected chi connectivity index (χ3v) is 5.11. The standard InChI is InChI=1S/C16H22N2O/c17-15(19)16(13-7-4-8-13,14-9-10-18-11-14)12-5-2-1-3-6-12/h1-3,5-6,13-14,18H,4,7-11H2,(H2,17,19)/t14?,16-/m0/s1. The van der Waals surface area contributed by atoms with Crippen molar-refractivity contribution < 1.29 is 4.79 Å². The first-order valence-corrected chi connectivity index (χ1v) is 7.32. The fourth-order valence-electron chi connectivity index (χ4n) is 3.97. The summed E-state index contributed by atoms with van der Waals surface area (Å²) in [6, 6.07) is 10.2. The Kier molecular flexibility index (Phi) is 3.31. The summed E-state index contributed by atoms with van der Waals surface area (Å²) in [5.74, 6) is 0.645. The van der Waals surface area contributed by atoms with Crippen molar-refractivity contribution in [2.24, 2.45) is 17.6 Å². The third kappa shape index (κ3) is 1.88. The van der Waals surface area contributed by atoms with Gasteiger partial charge in [-0.1, -0.05) is 36.8 Å². The van der Waals surface area contributed by atoms with Crippen LogP contribution in [0.1, 0.15) is 31.2 Å². The normalized spacial score (nSPS) is 26.6. The number of carbonyl (C=O) groups is 1. The van der Waals surface area contributed by atoms with Gasteiger partial charge in [0.1, 0.15) is 0 Å². The zero-order valence-electron chi connectivity index (χ0n) is 11.3. The Morgan fingerprint density at radius 3 is 2.37 bits per heavy atom. The molecular weight excluding hydrogens is 236 g/mol. The minimum Gasteiger partial charge on any atom is -0.369 e. The third-order valence-electron chi connectivity index (χ3n) is 5.11. The van der Waals surface area contributed by atoms with E-state index >= 15 is 0 Å². The summed E-state index contributed by atoms with van der Waals surface area (Å²) in [5, 5.41) is 3.40. The van der Waals surface area contributed by atoms with Gasteiger partial charge in [-0.25, -0.2) is 0 Å². The highest BCUT2D eigenvalue weighted by atomic mass is 16.1. The molecule has 2 aliphatic rings. The Morgan fingerprint density at radius 1 is 1.16 bits per heavy atom. The fourth-order valence-corrected chi connectivity index (χ4v) is 3.97. The van der Waals surface area contributed by atoms with Gasteiger partial charge in [0.05, 0.1) is 5.41 Å². The van der Waals surface area contributed by atoms with E-state index in [1.165, 1.54) is 6.42 Å². The molecule has 1 amide bonds. The van der Waals surface area contributed by atoms with E-state index in [9.17, 15) is 4.79 Å². The van der Waals surface area contributed by atoms with Crippen LogP contribution in [0, 0.1) is 11.8 Å². The van der Waals surface area contributed by atoms with Crippen LogP contribution in [-0.4, -0.2) is 19.0 Å². The second-order valence-electron chi connectivity index (χ2n) is 5.92. The maximum Gasteiger partial charge on any atom is 0.228 e. The summed E-state index contributed by atoms with van der Waals surface area (Å²) in [4.78, 5) is 12.4. The molecule has 1 heterocycles. The lowest BCUT2D eigenvalue weighted by atomic mass is 9.55. The number of carbonyl (C=O) groups excluding carboxylic acids is 1. The first kappa shape index (κ1) is 12.7. The molecule has 102 valence electrons. The molecule has 1 aliphatic heterocycles. The molecule has 3 heteroatoms. The molecule has 3 N–H and O–H groups in total. The minimum absolute atomic E-state index is 0.128. The Labute approximate surface area is 114 Å². The van der Waals surface area contributed by atoms with Gasteiger partial charge in [0.25, 0.3) is 0 Å². The zero-order chi connectivity index (χ0) is 13.3. The maximum absolute atomic E-state index is 12.4. The Hall–Kier alpha value is -1.35. The van der Waals surface area contributed by atoms with E-state index in [1.54, 1.807) is 0 Å². The number of primary amides is 1. The van der Waals surface area contributed by atoms with Gasteiger partial charge in [0.2, 0.25) is 5.91 Å². The van der Waals surface area contributed by atoms with E-state index in [2.05, 4.69) is 17.4 Å². The van der Waals surface area contributed by atoms with Crippen molar-refractivity contribution in [3.8, 4) is 0 Å². The van der Waals surface area contributed by atoms with Crippen molar-refractivity contribution in [2.75, 3.05) is 13.1 Å². The van der Waals surface area contributed by atoms with Crippen LogP contribution in [0.3, 0.4) is 0 Å². The molecule has 19 heavy (non-hydrogen) atoms. The highest BCUT2D eigenvalue weighted by Gasteiger charge is 2.53. The van der Waals surface area contributed by atoms with Gasteiger partial charge in [-0.2, -0.15) is 0 Å². The van der Waals surface area contributed by atoms with Crippen molar-refractivity contribution in [1.29, 1.82) is 0 Å². The average Bonchev–Trinajstić information content (AvgIpc) is 2.88. The summed E-state index contributed by atoms with van der Waals surface area (Å²) >= 11 is 0. The first-order valence-electron chi connectivity index (χ1n) is 7.32. The molecule has 1 aromatic rings. The number of benzene rings is 1. The molecule has 0 bridgehead atoms. The monoisotopic (exact) mass is 258 g/mol. The molecule has 1 aliphatic carbocycles. The largest absolute Gasteiger partial charge is 0.369 e. The lowest BCUT2D eigenvalue weighted by Crippen LogP contribution is -2.55. The second kappa shape index (κ2) is 4.97. The summed E-state index contributed by atoms with van der Waals surface area (Å²) < 4.78 is 0. The molecule has 1 aromatic carbocycles. The number of nitrogens with one attached hydrogen (secondary N) is 1. The fraction of sp³-hybridized carbons (Fsp3) is 0.562. The van der Waals surface area contributed by atoms with Gasteiger partial charge >= 0.3 is 0 Å². The van der Waals surface area contributed by atoms with Crippen LogP contribution in [-0.2, 0) is 10.2 Å². The maximum atomic E-state index is 12.4. The Morgan fingerprint density at radius 2 is 1.89 bits per heavy atom. The first-order chi connectivity index (χ1) is 9.26. The lowest BCUT2D eigenvalue weighted by Gasteiger charge is -2.47. The lowest BCUT2D eigenvalue weighted by molar-refractivity contribution is -0.129. The van der Waals surface area contributed by atoms with Crippen LogP contribution in [0.2, 0.25) is 0 Å². The van der Waals surface area contributed by atoms with E-state index in [4.69, 9.17) is 5.73 Å². The van der Waals surface area contributed by atoms with Crippen LogP contribution in [0.25, 0.3) is 0 Å². The van der Waals surface area contributed by atoms with Gasteiger partial charge in [0, 0.05) is 0 Å². The molecule has 2 atom stereocenters. The second-order valence-corrected chi connectivity index (χ2v) is 5.92. The summed E-state index contributed by atoms with van der Waals surface area (Å²) in [7, 11) is 0. The van der Waals surface area contributed by atoms with Crippen molar-refractivity contribution >= 4 is 5.91 Å². The molecule has 1 saturated carbocycles. The number of rotatable bonds is 4. The average molecular weight is 258 g/mol. The van der Waals surface area contributed by atoms with E-state index < -0.39 is 5.41 Å². The summed E-state index contributed by atoms with van der Waals surface area (Å²) in [5.41, 5.74) is 6.60. The van der Waals surface area contributed by atoms with Gasteiger partial charge in [0.15, 0.2) is 0 Å². The van der Waals surface area contributed by atoms with Crippen LogP contribution in [0.4, 0.5) is 0 Å². The number of hydrogen-bond donors (Lipinski definition) is 2. The minimum atomic E-state index is -0.455. The smallest absolute Gasteiger partial charge is 0.228 e. The Bertz CT molecular complexity index is 449. The van der Waals surface area contributed by atoms with E-state index in [0.29, 0.717) is 11.8 Å². The SMILES string of the molecule is NC(=O)[C@@](c1ccccc1)(C1CCC1)C1CCNC1. The molecule has 2 fully saturated rings. The molecule has 1 unspecified atom stereocenters. The highest BCUT2D eigenvalue weighted by molar-refractivity contribution is 5.88. The van der Waals surface area contributed by atoms with Crippen LogP contribution < -0.4 is 11.1 Å². The van der Waals surface area contributed by atoms with Crippen molar-refractivity contribution in [3.05, 3.63) is 35.9 Å². The van der Waals surface area contributed by atoms with E-state index in [0.717, 1.165) is 37.9 Å². The van der Waals surface area contributed by atoms with Crippen LogP contribution in [0.15, 0.2) is 30.3 Å². The Balaban J connectivity index is 2.08. The summed E-state index contributed by atoms with van der Waals surface area (Å²) in [6.45, 7) is 1.91. The van der Waals surface area contributed by atoms with Crippen molar-refractivity contribution in [3.63, 3.8) is 0 Å². The highest BCUT2D eigenvalue weighted by Crippen LogP contribution is 2.50. The van der Waals surface area contributed by atoms with Crippen LogP contribution in [0.5, 0.6) is 0 Å². The zero-order valence-corrected chi connectivity index (χ0v) is 11.3. The molecule has 3 nitrogen and oxygen atoms in total. The molecule has 1 saturated heterocycles. The topological polar surface area (TPSA) is 55.1 Å². The quantitative estimate of drug-likeness (QED) is 0.865. The molecular formula is C16H22N2O. The van der Waals surface area contributed by atoms with Gasteiger partial charge in [-0.3, -0.25) is 4.79 Å². The van der Waals surface area contributed by atoms with Gasteiger partial charge in [-0.15, -0.1) is 0 Å². The number of nitrogens with two attached hydrogens (primary N) is 1. The molecule has 3 rings (SSSR count). The summed E-state index contributed by atoms with van der Waals surface area (Å²) in [6.07, 6.45) is 4.55. The number of amides is 1. The van der Waals surface area contributed by atoms with Crippen LogP contribution >= 0.6 is 0 Å². The van der Waals surface area contributed by atoms with Gasteiger partial charge in [-0.05, 0) is 49.8 Å². The molecule has 0 radical (unpaired) electrons. The van der Waals surface area contributed by atoms with E-state index in [1.807, 2.05) is 18.2 Å². The molecule has 0 spiro atoms. The number of hydrogen-bond acceptors (Lipinski definition) is 2. The predicted molar refractivity (Wildman–Crippen MR) is 75.6 cm³/mol. The predicted octanol–water partition coefficient (Wildman–Crippen LogP) is 1.82. The van der Waals surface area contributed by atoms with Crippen molar-refractivity contribution in [2.45, 2.75) is 31.1 Å². The van der Waals surface area contributed by atoms with E-state index in [-0.39, 0.29) is 5.91 Å². The van der Waals surface area contributed by atoms with Gasteiger partial charge < -0.3 is 11.1 Å². The van der Waals surface area contributed by atoms with Crippen molar-refractivity contribution in [1.82, 2.24) is 5.32 Å². The molecule has 0 aromatic heterocycles.